The summed E-state index contributed by atoms with van der Waals surface area (Å²) in [5, 5.41) is 9.68. The molecule has 110 valence electrons. The molecular formula is C15H20O5. The molecule has 3 fully saturated rings. The standard InChI is InChI=1S/C15H20O5/c1-15(2)19-13-12-10(18-14(13)20-15)4-3-7-5-8(16)6-9(17)11(7)12/h6-7,10-14,16H,3-5H2,1-2H3/t7-,10-,11-,12+,13-,14-/m1/s1. The summed E-state index contributed by atoms with van der Waals surface area (Å²) >= 11 is 0. The van der Waals surface area contributed by atoms with Crippen LogP contribution in [0.5, 0.6) is 0 Å². The van der Waals surface area contributed by atoms with E-state index in [2.05, 4.69) is 0 Å². The number of carbonyl (C=O) groups excluding carboxylic acids is 1. The van der Waals surface area contributed by atoms with E-state index in [-0.39, 0.29) is 47.8 Å². The third-order valence-corrected chi connectivity index (χ3v) is 5.06. The highest BCUT2D eigenvalue weighted by atomic mass is 16.8. The van der Waals surface area contributed by atoms with E-state index in [1.54, 1.807) is 0 Å². The van der Waals surface area contributed by atoms with Crippen LogP contribution in [-0.4, -0.2) is 35.2 Å². The molecule has 0 radical (unpaired) electrons. The Morgan fingerprint density at radius 2 is 2.10 bits per heavy atom. The van der Waals surface area contributed by atoms with Crippen LogP contribution in [0.15, 0.2) is 11.8 Å². The Bertz CT molecular complexity index is 483. The molecule has 0 bridgehead atoms. The predicted molar refractivity (Wildman–Crippen MR) is 68.7 cm³/mol. The number of hydrogen-bond acceptors (Lipinski definition) is 5. The molecule has 1 N–H and O–H groups in total. The first-order valence-electron chi connectivity index (χ1n) is 7.39. The summed E-state index contributed by atoms with van der Waals surface area (Å²) in [6, 6.07) is 0. The highest BCUT2D eigenvalue weighted by molar-refractivity contribution is 5.93. The Balaban J connectivity index is 1.66. The van der Waals surface area contributed by atoms with Crippen molar-refractivity contribution in [2.24, 2.45) is 17.8 Å². The zero-order chi connectivity index (χ0) is 14.1. The lowest BCUT2D eigenvalue weighted by molar-refractivity contribution is -0.217. The van der Waals surface area contributed by atoms with Crippen molar-refractivity contribution in [3.8, 4) is 0 Å². The lowest BCUT2D eigenvalue weighted by atomic mass is 9.64. The van der Waals surface area contributed by atoms with Gasteiger partial charge in [0.05, 0.1) is 11.9 Å². The number of aliphatic hydroxyl groups excluding tert-OH is 1. The minimum atomic E-state index is -0.650. The largest absolute Gasteiger partial charge is 0.512 e. The Hall–Kier alpha value is -0.910. The van der Waals surface area contributed by atoms with Crippen LogP contribution in [0.3, 0.4) is 0 Å². The van der Waals surface area contributed by atoms with Crippen molar-refractivity contribution in [3.05, 3.63) is 11.8 Å². The van der Waals surface area contributed by atoms with E-state index in [1.165, 1.54) is 6.08 Å². The minimum absolute atomic E-state index is 0.0195. The summed E-state index contributed by atoms with van der Waals surface area (Å²) in [4.78, 5) is 12.3. The van der Waals surface area contributed by atoms with Gasteiger partial charge in [-0.25, -0.2) is 0 Å². The number of hydrogen-bond donors (Lipinski definition) is 1. The van der Waals surface area contributed by atoms with Crippen LogP contribution in [0.2, 0.25) is 0 Å². The second kappa shape index (κ2) is 4.06. The molecule has 0 aromatic heterocycles. The van der Waals surface area contributed by atoms with Gasteiger partial charge in [-0.2, -0.15) is 0 Å². The molecule has 2 heterocycles. The molecule has 0 unspecified atom stereocenters. The number of ketones is 1. The number of aliphatic hydroxyl groups is 1. The fourth-order valence-electron chi connectivity index (χ4n) is 4.40. The number of carbonyl (C=O) groups is 1. The zero-order valence-electron chi connectivity index (χ0n) is 11.7. The van der Waals surface area contributed by atoms with Crippen molar-refractivity contribution in [2.45, 2.75) is 57.4 Å². The molecule has 0 amide bonds. The summed E-state index contributed by atoms with van der Waals surface area (Å²) in [5.41, 5.74) is 0. The summed E-state index contributed by atoms with van der Waals surface area (Å²) in [6.07, 6.45) is 3.33. The van der Waals surface area contributed by atoms with Gasteiger partial charge in [0.1, 0.15) is 6.10 Å². The quantitative estimate of drug-likeness (QED) is 0.734. The van der Waals surface area contributed by atoms with Gasteiger partial charge in [0.25, 0.3) is 0 Å². The molecule has 0 spiro atoms. The van der Waals surface area contributed by atoms with Crippen LogP contribution in [0.25, 0.3) is 0 Å². The molecule has 5 nitrogen and oxygen atoms in total. The lowest BCUT2D eigenvalue weighted by Crippen LogP contribution is -2.46. The summed E-state index contributed by atoms with van der Waals surface area (Å²) < 4.78 is 17.7. The van der Waals surface area contributed by atoms with Gasteiger partial charge in [0, 0.05) is 24.3 Å². The van der Waals surface area contributed by atoms with Crippen molar-refractivity contribution in [1.82, 2.24) is 0 Å². The second-order valence-electron chi connectivity index (χ2n) is 6.83. The normalized spacial score (nSPS) is 49.3. The smallest absolute Gasteiger partial charge is 0.187 e. The molecular weight excluding hydrogens is 260 g/mol. The number of fused-ring (bicyclic) bond motifs is 5. The van der Waals surface area contributed by atoms with Crippen molar-refractivity contribution in [3.63, 3.8) is 0 Å². The van der Waals surface area contributed by atoms with E-state index in [1.807, 2.05) is 13.8 Å². The molecule has 2 aliphatic carbocycles. The third-order valence-electron chi connectivity index (χ3n) is 5.06. The molecule has 2 aliphatic heterocycles. The Morgan fingerprint density at radius 1 is 1.30 bits per heavy atom. The fraction of sp³-hybridized carbons (Fsp3) is 0.800. The number of ether oxygens (including phenoxy) is 3. The summed E-state index contributed by atoms with van der Waals surface area (Å²) in [7, 11) is 0. The lowest BCUT2D eigenvalue weighted by Gasteiger charge is -2.41. The molecule has 0 aromatic rings. The Kier molecular flexibility index (Phi) is 2.60. The number of rotatable bonds is 0. The van der Waals surface area contributed by atoms with Crippen molar-refractivity contribution >= 4 is 5.78 Å². The highest BCUT2D eigenvalue weighted by Gasteiger charge is 2.60. The minimum Gasteiger partial charge on any atom is -0.512 e. The Labute approximate surface area is 117 Å². The summed E-state index contributed by atoms with van der Waals surface area (Å²) in [6.45, 7) is 3.75. The van der Waals surface area contributed by atoms with Crippen LogP contribution in [0.4, 0.5) is 0 Å². The average Bonchev–Trinajstić information content (AvgIpc) is 2.80. The van der Waals surface area contributed by atoms with Gasteiger partial charge in [0.15, 0.2) is 17.9 Å². The third kappa shape index (κ3) is 1.76. The van der Waals surface area contributed by atoms with Gasteiger partial charge >= 0.3 is 0 Å². The predicted octanol–water partition coefficient (Wildman–Crippen LogP) is 1.92. The first-order valence-corrected chi connectivity index (χ1v) is 7.39. The van der Waals surface area contributed by atoms with Crippen LogP contribution >= 0.6 is 0 Å². The highest BCUT2D eigenvalue weighted by Crippen LogP contribution is 2.52. The van der Waals surface area contributed by atoms with Crippen molar-refractivity contribution in [2.75, 3.05) is 0 Å². The van der Waals surface area contributed by atoms with Gasteiger partial charge in [-0.1, -0.05) is 0 Å². The van der Waals surface area contributed by atoms with Crippen LogP contribution in [0.1, 0.15) is 33.1 Å². The van der Waals surface area contributed by atoms with Gasteiger partial charge < -0.3 is 19.3 Å². The van der Waals surface area contributed by atoms with E-state index < -0.39 is 5.79 Å². The maximum atomic E-state index is 12.3. The fourth-order valence-corrected chi connectivity index (χ4v) is 4.40. The molecule has 5 heteroatoms. The number of allylic oxidation sites excluding steroid dienone is 2. The van der Waals surface area contributed by atoms with E-state index in [4.69, 9.17) is 14.2 Å². The molecule has 1 saturated carbocycles. The molecule has 2 saturated heterocycles. The first-order chi connectivity index (χ1) is 9.44. The Morgan fingerprint density at radius 3 is 2.90 bits per heavy atom. The monoisotopic (exact) mass is 280 g/mol. The molecule has 0 aromatic carbocycles. The summed E-state index contributed by atoms with van der Waals surface area (Å²) in [5.74, 6) is -0.249. The van der Waals surface area contributed by atoms with Gasteiger partial charge in [-0.3, -0.25) is 4.79 Å². The van der Waals surface area contributed by atoms with Gasteiger partial charge in [0.2, 0.25) is 0 Å². The first kappa shape index (κ1) is 12.8. The SMILES string of the molecule is CC1(C)O[C@H]2O[C@@H]3CC[C@@H]4CC(O)=CC(=O)[C@@H]4[C@H]3[C@H]2O1. The van der Waals surface area contributed by atoms with Crippen LogP contribution < -0.4 is 0 Å². The van der Waals surface area contributed by atoms with E-state index >= 15 is 0 Å². The van der Waals surface area contributed by atoms with Gasteiger partial charge in [-0.15, -0.1) is 0 Å². The van der Waals surface area contributed by atoms with Gasteiger partial charge in [-0.05, 0) is 32.6 Å². The molecule has 4 rings (SSSR count). The van der Waals surface area contributed by atoms with Crippen LogP contribution in [-0.2, 0) is 19.0 Å². The molecule has 4 aliphatic rings. The van der Waals surface area contributed by atoms with E-state index in [0.29, 0.717) is 6.42 Å². The van der Waals surface area contributed by atoms with Crippen molar-refractivity contribution < 1.29 is 24.1 Å². The maximum absolute atomic E-state index is 12.3. The second-order valence-corrected chi connectivity index (χ2v) is 6.83. The average molecular weight is 280 g/mol. The van der Waals surface area contributed by atoms with E-state index in [9.17, 15) is 9.90 Å². The van der Waals surface area contributed by atoms with E-state index in [0.717, 1.165) is 12.8 Å². The van der Waals surface area contributed by atoms with Crippen LogP contribution in [0, 0.1) is 17.8 Å². The topological polar surface area (TPSA) is 65.0 Å². The molecule has 20 heavy (non-hydrogen) atoms. The maximum Gasteiger partial charge on any atom is 0.187 e. The molecule has 6 atom stereocenters. The van der Waals surface area contributed by atoms with Crippen molar-refractivity contribution in [1.29, 1.82) is 0 Å². The zero-order valence-corrected chi connectivity index (χ0v) is 11.7.